The molecule has 3 heterocycles. The smallest absolute Gasteiger partial charge is 0.200 e. The molecule has 0 N–H and O–H groups in total. The molecule has 4 nitrogen and oxygen atoms in total. The van der Waals surface area contributed by atoms with Crippen molar-refractivity contribution in [3.8, 4) is 16.9 Å². The number of rotatable bonds is 3. The Morgan fingerprint density at radius 2 is 1.64 bits per heavy atom. The quantitative estimate of drug-likeness (QED) is 0.411. The fraction of sp³-hybridized carbons (Fsp3) is 0.321. The molecule has 3 aliphatic heterocycles. The van der Waals surface area contributed by atoms with Gasteiger partial charge in [0.25, 0.3) is 0 Å². The number of hydrogen-bond donors (Lipinski definition) is 0. The average molecular weight is 502 g/mol. The van der Waals surface area contributed by atoms with E-state index >= 15 is 0 Å². The minimum Gasteiger partial charge on any atom is -0.466 e. The van der Waals surface area contributed by atoms with Gasteiger partial charge in [0.15, 0.2) is 0 Å². The Kier molecular flexibility index (Phi) is 5.27. The van der Waals surface area contributed by atoms with Gasteiger partial charge in [-0.05, 0) is 41.4 Å². The Hall–Kier alpha value is -2.63. The molecule has 1 unspecified atom stereocenters. The molecular formula is C28H28BrN3O. The number of hydrogen-bond acceptors (Lipinski definition) is 4. The van der Waals surface area contributed by atoms with E-state index in [1.54, 1.807) is 0 Å². The lowest BCUT2D eigenvalue weighted by atomic mass is 9.90. The second-order valence-corrected chi connectivity index (χ2v) is 10.1. The van der Waals surface area contributed by atoms with Crippen LogP contribution in [0.3, 0.4) is 0 Å². The first-order valence-corrected chi connectivity index (χ1v) is 12.7. The number of piperidine rings is 1. The summed E-state index contributed by atoms with van der Waals surface area (Å²) in [5.74, 6) is 1.01. The van der Waals surface area contributed by atoms with E-state index < -0.39 is 0 Å². The van der Waals surface area contributed by atoms with Crippen LogP contribution in [0, 0.1) is 0 Å². The van der Waals surface area contributed by atoms with Crippen LogP contribution in [-0.2, 0) is 0 Å². The highest BCUT2D eigenvalue weighted by Crippen LogP contribution is 2.50. The van der Waals surface area contributed by atoms with Crippen LogP contribution in [0.2, 0.25) is 0 Å². The van der Waals surface area contributed by atoms with E-state index in [9.17, 15) is 0 Å². The van der Waals surface area contributed by atoms with Crippen molar-refractivity contribution in [1.29, 1.82) is 0 Å². The van der Waals surface area contributed by atoms with Crippen LogP contribution in [0.4, 0.5) is 0 Å². The van der Waals surface area contributed by atoms with Gasteiger partial charge in [-0.15, -0.1) is 0 Å². The fourth-order valence-electron chi connectivity index (χ4n) is 5.46. The Bertz CT molecular complexity index is 1180. The highest BCUT2D eigenvalue weighted by atomic mass is 79.9. The van der Waals surface area contributed by atoms with Crippen molar-refractivity contribution in [2.75, 3.05) is 19.6 Å². The van der Waals surface area contributed by atoms with Crippen molar-refractivity contribution in [2.24, 2.45) is 5.10 Å². The van der Waals surface area contributed by atoms with E-state index in [1.807, 2.05) is 0 Å². The Morgan fingerprint density at radius 3 is 2.36 bits per heavy atom. The van der Waals surface area contributed by atoms with Gasteiger partial charge >= 0.3 is 0 Å². The van der Waals surface area contributed by atoms with Crippen molar-refractivity contribution in [1.82, 2.24) is 9.91 Å². The first-order valence-electron chi connectivity index (χ1n) is 11.9. The summed E-state index contributed by atoms with van der Waals surface area (Å²) in [5, 5.41) is 7.53. The molecule has 1 atom stereocenters. The highest BCUT2D eigenvalue weighted by molar-refractivity contribution is 9.10. The lowest BCUT2D eigenvalue weighted by molar-refractivity contribution is -0.149. The third-order valence-corrected chi connectivity index (χ3v) is 7.86. The normalized spacial score (nSPS) is 21.3. The molecule has 1 fully saturated rings. The molecule has 1 saturated heterocycles. The molecule has 1 spiro atoms. The maximum Gasteiger partial charge on any atom is 0.200 e. The van der Waals surface area contributed by atoms with E-state index in [0.29, 0.717) is 0 Å². The van der Waals surface area contributed by atoms with E-state index in [4.69, 9.17) is 9.84 Å². The van der Waals surface area contributed by atoms with Gasteiger partial charge in [0.2, 0.25) is 5.72 Å². The van der Waals surface area contributed by atoms with E-state index in [1.165, 1.54) is 22.3 Å². The van der Waals surface area contributed by atoms with Gasteiger partial charge in [-0.1, -0.05) is 77.5 Å². The molecule has 0 saturated carbocycles. The molecular weight excluding hydrogens is 474 g/mol. The summed E-state index contributed by atoms with van der Waals surface area (Å²) in [7, 11) is 0. The fourth-order valence-corrected chi connectivity index (χ4v) is 5.84. The number of fused-ring (bicyclic) bond motifs is 4. The SMILES string of the molecule is CCN1CCC2(CC1)Oc1ccc(Br)cc1C1CC(c3ccc(-c4ccccc4)cc3)=NN12. The third-order valence-electron chi connectivity index (χ3n) is 7.37. The zero-order chi connectivity index (χ0) is 22.4. The van der Waals surface area contributed by atoms with Crippen LogP contribution >= 0.6 is 15.9 Å². The Labute approximate surface area is 204 Å². The van der Waals surface area contributed by atoms with Crippen molar-refractivity contribution in [2.45, 2.75) is 38.0 Å². The zero-order valence-electron chi connectivity index (χ0n) is 18.9. The maximum absolute atomic E-state index is 6.75. The molecule has 0 aromatic heterocycles. The summed E-state index contributed by atoms with van der Waals surface area (Å²) in [4.78, 5) is 2.50. The standard InChI is InChI=1S/C28H28BrN3O/c1-2-31-16-14-28(15-17-31)32-26(24-18-23(29)12-13-27(24)33-28)19-25(30-32)22-10-8-21(9-11-22)20-6-4-3-5-7-20/h3-13,18,26H,2,14-17,19H2,1H3. The number of ether oxygens (including phenoxy) is 1. The molecule has 6 rings (SSSR count). The van der Waals surface area contributed by atoms with Gasteiger partial charge in [0, 0.05) is 42.4 Å². The van der Waals surface area contributed by atoms with Crippen molar-refractivity contribution < 1.29 is 4.74 Å². The van der Waals surface area contributed by atoms with Gasteiger partial charge < -0.3 is 9.64 Å². The lowest BCUT2D eigenvalue weighted by Gasteiger charge is -2.51. The zero-order valence-corrected chi connectivity index (χ0v) is 20.5. The largest absolute Gasteiger partial charge is 0.466 e. The molecule has 0 aliphatic carbocycles. The van der Waals surface area contributed by atoms with E-state index in [2.05, 4.69) is 106 Å². The Balaban J connectivity index is 1.35. The van der Waals surface area contributed by atoms with Crippen LogP contribution in [0.15, 0.2) is 82.4 Å². The number of nitrogens with zero attached hydrogens (tertiary/aromatic N) is 3. The molecule has 33 heavy (non-hydrogen) atoms. The number of benzene rings is 3. The summed E-state index contributed by atoms with van der Waals surface area (Å²) in [6, 6.07) is 26.0. The predicted molar refractivity (Wildman–Crippen MR) is 136 cm³/mol. The first kappa shape index (κ1) is 20.9. The molecule has 3 aromatic rings. The summed E-state index contributed by atoms with van der Waals surface area (Å²) < 4.78 is 7.84. The summed E-state index contributed by atoms with van der Waals surface area (Å²) in [6.07, 6.45) is 2.84. The van der Waals surface area contributed by atoms with Crippen LogP contribution in [0.25, 0.3) is 11.1 Å². The highest BCUT2D eigenvalue weighted by Gasteiger charge is 2.51. The lowest BCUT2D eigenvalue weighted by Crippen LogP contribution is -2.59. The number of halogens is 1. The maximum atomic E-state index is 6.75. The monoisotopic (exact) mass is 501 g/mol. The van der Waals surface area contributed by atoms with Crippen LogP contribution in [0.1, 0.15) is 43.4 Å². The summed E-state index contributed by atoms with van der Waals surface area (Å²) in [5.41, 5.74) is 5.69. The van der Waals surface area contributed by atoms with Crippen molar-refractivity contribution in [3.05, 3.63) is 88.4 Å². The summed E-state index contributed by atoms with van der Waals surface area (Å²) in [6.45, 7) is 5.41. The summed E-state index contributed by atoms with van der Waals surface area (Å²) >= 11 is 3.66. The van der Waals surface area contributed by atoms with E-state index in [0.717, 1.165) is 54.8 Å². The molecule has 3 aromatic carbocycles. The molecule has 5 heteroatoms. The van der Waals surface area contributed by atoms with Gasteiger partial charge in [0.1, 0.15) is 5.75 Å². The Morgan fingerprint density at radius 1 is 0.939 bits per heavy atom. The molecule has 0 amide bonds. The minimum atomic E-state index is -0.358. The van der Waals surface area contributed by atoms with Crippen molar-refractivity contribution >= 4 is 21.6 Å². The molecule has 0 radical (unpaired) electrons. The second-order valence-electron chi connectivity index (χ2n) is 9.22. The van der Waals surface area contributed by atoms with Crippen LogP contribution in [-0.4, -0.2) is 41.0 Å². The van der Waals surface area contributed by atoms with Gasteiger partial charge in [-0.3, -0.25) is 0 Å². The molecule has 168 valence electrons. The minimum absolute atomic E-state index is 0.211. The van der Waals surface area contributed by atoms with Gasteiger partial charge in [0.05, 0.1) is 11.8 Å². The molecule has 0 bridgehead atoms. The molecule has 3 aliphatic rings. The number of likely N-dealkylation sites (tertiary alicyclic amines) is 1. The first-order chi connectivity index (χ1) is 16.1. The number of hydrazone groups is 1. The van der Waals surface area contributed by atoms with Crippen molar-refractivity contribution in [3.63, 3.8) is 0 Å². The van der Waals surface area contributed by atoms with Gasteiger partial charge in [-0.25, -0.2) is 5.01 Å². The third kappa shape index (κ3) is 3.68. The predicted octanol–water partition coefficient (Wildman–Crippen LogP) is 6.47. The van der Waals surface area contributed by atoms with Crippen LogP contribution < -0.4 is 4.74 Å². The topological polar surface area (TPSA) is 28.1 Å². The average Bonchev–Trinajstić information content (AvgIpc) is 3.33. The van der Waals surface area contributed by atoms with Crippen LogP contribution in [0.5, 0.6) is 5.75 Å². The van der Waals surface area contributed by atoms with Gasteiger partial charge in [-0.2, -0.15) is 5.10 Å². The van der Waals surface area contributed by atoms with E-state index in [-0.39, 0.29) is 11.8 Å². The second kappa shape index (κ2) is 8.30.